The predicted octanol–water partition coefficient (Wildman–Crippen LogP) is 1.66. The molecule has 1 aromatic carbocycles. The average molecular weight is 195 g/mol. The molecule has 1 aliphatic rings. The van der Waals surface area contributed by atoms with Crippen LogP contribution in [0.3, 0.4) is 0 Å². The van der Waals surface area contributed by atoms with E-state index < -0.39 is 0 Å². The number of benzene rings is 1. The molecule has 1 aliphatic heterocycles. The van der Waals surface area contributed by atoms with Gasteiger partial charge in [-0.2, -0.15) is 0 Å². The second-order valence-corrected chi connectivity index (χ2v) is 3.52. The minimum absolute atomic E-state index is 0.157. The van der Waals surface area contributed by atoms with Crippen molar-refractivity contribution in [2.24, 2.45) is 0 Å². The van der Waals surface area contributed by atoms with Gasteiger partial charge in [-0.1, -0.05) is 12.1 Å². The van der Waals surface area contributed by atoms with Crippen molar-refractivity contribution in [3.05, 3.63) is 35.6 Å². The first-order valence-corrected chi connectivity index (χ1v) is 4.89. The fourth-order valence-corrected chi connectivity index (χ4v) is 1.65. The van der Waals surface area contributed by atoms with E-state index in [1.54, 1.807) is 12.1 Å². The zero-order chi connectivity index (χ0) is 9.80. The van der Waals surface area contributed by atoms with Crippen molar-refractivity contribution in [2.45, 2.75) is 6.54 Å². The third-order valence-electron chi connectivity index (χ3n) is 2.40. The highest BCUT2D eigenvalue weighted by atomic mass is 19.1. The maximum absolute atomic E-state index is 12.9. The molecular weight excluding hydrogens is 181 g/mol. The van der Waals surface area contributed by atoms with E-state index in [1.165, 1.54) is 6.07 Å². The summed E-state index contributed by atoms with van der Waals surface area (Å²) in [4.78, 5) is 2.28. The topological polar surface area (TPSA) is 12.5 Å². The molecule has 0 spiro atoms. The summed E-state index contributed by atoms with van der Waals surface area (Å²) in [6.07, 6.45) is 0. The fraction of sp³-hybridized carbons (Fsp3) is 0.455. The third kappa shape index (κ3) is 2.53. The Bertz CT molecular complexity index is 297. The van der Waals surface area contributed by atoms with Crippen molar-refractivity contribution in [2.75, 3.05) is 26.3 Å². The first kappa shape index (κ1) is 9.62. The summed E-state index contributed by atoms with van der Waals surface area (Å²) in [7, 11) is 0. The molecule has 0 aromatic heterocycles. The van der Waals surface area contributed by atoms with Crippen molar-refractivity contribution in [1.29, 1.82) is 0 Å². The highest BCUT2D eigenvalue weighted by Gasteiger charge is 2.10. The van der Waals surface area contributed by atoms with Gasteiger partial charge >= 0.3 is 0 Å². The lowest BCUT2D eigenvalue weighted by Crippen LogP contribution is -2.35. The van der Waals surface area contributed by atoms with Gasteiger partial charge in [0, 0.05) is 19.6 Å². The first-order chi connectivity index (χ1) is 6.84. The maximum Gasteiger partial charge on any atom is 0.123 e. The van der Waals surface area contributed by atoms with Gasteiger partial charge in [-0.3, -0.25) is 4.90 Å². The third-order valence-corrected chi connectivity index (χ3v) is 2.40. The molecule has 1 aromatic rings. The van der Waals surface area contributed by atoms with E-state index in [4.69, 9.17) is 4.74 Å². The zero-order valence-corrected chi connectivity index (χ0v) is 8.08. The molecule has 2 rings (SSSR count). The molecule has 0 N–H and O–H groups in total. The van der Waals surface area contributed by atoms with E-state index in [2.05, 4.69) is 4.90 Å². The van der Waals surface area contributed by atoms with Crippen molar-refractivity contribution in [3.63, 3.8) is 0 Å². The maximum atomic E-state index is 12.9. The second kappa shape index (κ2) is 4.53. The predicted molar refractivity (Wildman–Crippen MR) is 52.5 cm³/mol. The van der Waals surface area contributed by atoms with Crippen LogP contribution in [0.5, 0.6) is 0 Å². The van der Waals surface area contributed by atoms with Gasteiger partial charge in [-0.15, -0.1) is 0 Å². The van der Waals surface area contributed by atoms with Gasteiger partial charge in [-0.05, 0) is 17.7 Å². The molecule has 14 heavy (non-hydrogen) atoms. The SMILES string of the molecule is Fc1cccc(CN2CCOCC2)c1. The van der Waals surface area contributed by atoms with Gasteiger partial charge in [0.25, 0.3) is 0 Å². The number of hydrogen-bond donors (Lipinski definition) is 0. The zero-order valence-electron chi connectivity index (χ0n) is 8.08. The lowest BCUT2D eigenvalue weighted by molar-refractivity contribution is 0.0341. The highest BCUT2D eigenvalue weighted by Crippen LogP contribution is 2.08. The monoisotopic (exact) mass is 195 g/mol. The summed E-state index contributed by atoms with van der Waals surface area (Å²) in [6.45, 7) is 4.28. The summed E-state index contributed by atoms with van der Waals surface area (Å²) >= 11 is 0. The molecule has 0 amide bonds. The summed E-state index contributed by atoms with van der Waals surface area (Å²) in [5.74, 6) is -0.157. The van der Waals surface area contributed by atoms with E-state index in [1.807, 2.05) is 6.07 Å². The number of hydrogen-bond acceptors (Lipinski definition) is 2. The van der Waals surface area contributed by atoms with Crippen molar-refractivity contribution in [3.8, 4) is 0 Å². The molecule has 0 atom stereocenters. The van der Waals surface area contributed by atoms with Crippen LogP contribution in [-0.4, -0.2) is 31.2 Å². The Kier molecular flexibility index (Phi) is 3.11. The van der Waals surface area contributed by atoms with Gasteiger partial charge in [0.1, 0.15) is 5.82 Å². The van der Waals surface area contributed by atoms with Crippen molar-refractivity contribution >= 4 is 0 Å². The van der Waals surface area contributed by atoms with Crippen LogP contribution in [0.1, 0.15) is 5.56 Å². The van der Waals surface area contributed by atoms with Gasteiger partial charge in [-0.25, -0.2) is 4.39 Å². The largest absolute Gasteiger partial charge is 0.379 e. The second-order valence-electron chi connectivity index (χ2n) is 3.52. The summed E-state index contributed by atoms with van der Waals surface area (Å²) in [5, 5.41) is 0. The molecular formula is C11H14FNO. The molecule has 76 valence electrons. The normalized spacial score (nSPS) is 18.4. The standard InChI is InChI=1S/C11H14FNO/c12-11-3-1-2-10(8-11)9-13-4-6-14-7-5-13/h1-3,8H,4-7,9H2. The number of halogens is 1. The summed E-state index contributed by atoms with van der Waals surface area (Å²) in [6, 6.07) is 6.78. The molecule has 0 unspecified atom stereocenters. The van der Waals surface area contributed by atoms with Crippen molar-refractivity contribution < 1.29 is 9.13 Å². The summed E-state index contributed by atoms with van der Waals surface area (Å²) in [5.41, 5.74) is 1.03. The van der Waals surface area contributed by atoms with Crippen LogP contribution < -0.4 is 0 Å². The molecule has 2 nitrogen and oxygen atoms in total. The number of morpholine rings is 1. The van der Waals surface area contributed by atoms with Crippen LogP contribution in [0, 0.1) is 5.82 Å². The number of ether oxygens (including phenoxy) is 1. The Morgan fingerprint density at radius 2 is 2.07 bits per heavy atom. The Hall–Kier alpha value is -0.930. The Balaban J connectivity index is 1.95. The van der Waals surface area contributed by atoms with Crippen LogP contribution in [0.15, 0.2) is 24.3 Å². The van der Waals surface area contributed by atoms with Crippen molar-refractivity contribution in [1.82, 2.24) is 4.90 Å². The molecule has 1 fully saturated rings. The molecule has 0 saturated carbocycles. The Morgan fingerprint density at radius 3 is 2.79 bits per heavy atom. The molecule has 0 aliphatic carbocycles. The fourth-order valence-electron chi connectivity index (χ4n) is 1.65. The Labute approximate surface area is 83.3 Å². The molecule has 1 saturated heterocycles. The van der Waals surface area contributed by atoms with Crippen LogP contribution in [0.4, 0.5) is 4.39 Å². The van der Waals surface area contributed by atoms with E-state index >= 15 is 0 Å². The lowest BCUT2D eigenvalue weighted by Gasteiger charge is -2.26. The first-order valence-electron chi connectivity index (χ1n) is 4.89. The molecule has 0 bridgehead atoms. The van der Waals surface area contributed by atoms with Crippen LogP contribution in [0.25, 0.3) is 0 Å². The van der Waals surface area contributed by atoms with Crippen LogP contribution >= 0.6 is 0 Å². The minimum atomic E-state index is -0.157. The smallest absolute Gasteiger partial charge is 0.123 e. The highest BCUT2D eigenvalue weighted by molar-refractivity contribution is 5.16. The number of nitrogens with zero attached hydrogens (tertiary/aromatic N) is 1. The summed E-state index contributed by atoms with van der Waals surface area (Å²) < 4.78 is 18.1. The lowest BCUT2D eigenvalue weighted by atomic mass is 10.2. The number of rotatable bonds is 2. The van der Waals surface area contributed by atoms with Gasteiger partial charge < -0.3 is 4.74 Å². The average Bonchev–Trinajstić information content (AvgIpc) is 2.19. The minimum Gasteiger partial charge on any atom is -0.379 e. The quantitative estimate of drug-likeness (QED) is 0.711. The van der Waals surface area contributed by atoms with Gasteiger partial charge in [0.2, 0.25) is 0 Å². The van der Waals surface area contributed by atoms with E-state index in [0.717, 1.165) is 38.4 Å². The van der Waals surface area contributed by atoms with Crippen LogP contribution in [0.2, 0.25) is 0 Å². The van der Waals surface area contributed by atoms with E-state index in [0.29, 0.717) is 0 Å². The van der Waals surface area contributed by atoms with Gasteiger partial charge in [0.15, 0.2) is 0 Å². The van der Waals surface area contributed by atoms with E-state index in [9.17, 15) is 4.39 Å². The molecule has 1 heterocycles. The molecule has 3 heteroatoms. The van der Waals surface area contributed by atoms with E-state index in [-0.39, 0.29) is 5.82 Å². The Morgan fingerprint density at radius 1 is 1.29 bits per heavy atom. The van der Waals surface area contributed by atoms with Gasteiger partial charge in [0.05, 0.1) is 13.2 Å². The van der Waals surface area contributed by atoms with Crippen LogP contribution in [-0.2, 0) is 11.3 Å². The molecule has 0 radical (unpaired) electrons.